The summed E-state index contributed by atoms with van der Waals surface area (Å²) in [5.41, 5.74) is 0.0426. The molecule has 0 bridgehead atoms. The van der Waals surface area contributed by atoms with Gasteiger partial charge >= 0.3 is 5.97 Å². The first-order chi connectivity index (χ1) is 12.3. The molecule has 0 radical (unpaired) electrons. The topological polar surface area (TPSA) is 102 Å². The fourth-order valence-electron chi connectivity index (χ4n) is 2.76. The first-order valence-electron chi connectivity index (χ1n) is 8.44. The van der Waals surface area contributed by atoms with Crippen LogP contribution in [0.4, 0.5) is 0 Å². The van der Waals surface area contributed by atoms with Crippen molar-refractivity contribution in [3.8, 4) is 0 Å². The van der Waals surface area contributed by atoms with Crippen molar-refractivity contribution in [2.24, 2.45) is 0 Å². The van der Waals surface area contributed by atoms with Crippen molar-refractivity contribution in [2.45, 2.75) is 43.0 Å². The van der Waals surface area contributed by atoms with E-state index in [9.17, 15) is 18.0 Å². The third-order valence-corrected chi connectivity index (χ3v) is 5.94. The monoisotopic (exact) mass is 384 g/mol. The number of ether oxygens (including phenoxy) is 1. The van der Waals surface area contributed by atoms with Gasteiger partial charge in [-0.15, -0.1) is 0 Å². The van der Waals surface area contributed by atoms with Crippen molar-refractivity contribution in [3.05, 3.63) is 29.8 Å². The first kappa shape index (κ1) is 20.3. The third kappa shape index (κ3) is 5.26. The van der Waals surface area contributed by atoms with Crippen molar-refractivity contribution in [3.63, 3.8) is 0 Å². The van der Waals surface area contributed by atoms with Crippen molar-refractivity contribution >= 4 is 21.9 Å². The number of esters is 1. The maximum absolute atomic E-state index is 12.2. The van der Waals surface area contributed by atoms with Gasteiger partial charge in [-0.1, -0.05) is 29.8 Å². The summed E-state index contributed by atoms with van der Waals surface area (Å²) < 4.78 is 30.1. The van der Waals surface area contributed by atoms with E-state index >= 15 is 0 Å². The second-order valence-electron chi connectivity index (χ2n) is 6.10. The zero-order chi connectivity index (χ0) is 19.2. The maximum atomic E-state index is 12.2. The Kier molecular flexibility index (Phi) is 7.13. The van der Waals surface area contributed by atoms with E-state index in [2.05, 4.69) is 5.32 Å². The Bertz CT molecular complexity index is 743. The second-order valence-corrected chi connectivity index (χ2v) is 8.04. The highest BCUT2D eigenvalue weighted by molar-refractivity contribution is 7.89. The van der Waals surface area contributed by atoms with E-state index < -0.39 is 22.6 Å². The van der Waals surface area contributed by atoms with E-state index in [1.54, 1.807) is 0 Å². The number of nitrogens with one attached hydrogen (secondary N) is 1. The fourth-order valence-corrected chi connectivity index (χ4v) is 3.78. The molecule has 144 valence electrons. The van der Waals surface area contributed by atoms with Crippen LogP contribution in [0.1, 0.15) is 42.5 Å². The van der Waals surface area contributed by atoms with Gasteiger partial charge in [0, 0.05) is 13.1 Å². The third-order valence-electron chi connectivity index (χ3n) is 4.27. The lowest BCUT2D eigenvalue weighted by Gasteiger charge is -2.22. The van der Waals surface area contributed by atoms with Crippen LogP contribution in [0, 0.1) is 0 Å². The highest BCUT2D eigenvalue weighted by atomic mass is 32.2. The Hall–Kier alpha value is -1.97. The van der Waals surface area contributed by atoms with Crippen molar-refractivity contribution < 1.29 is 27.6 Å². The van der Waals surface area contributed by atoms with Crippen LogP contribution in [0.2, 0.25) is 0 Å². The number of rotatable bonds is 7. The van der Waals surface area contributed by atoms with Gasteiger partial charge in [0.15, 0.2) is 6.61 Å². The van der Waals surface area contributed by atoms with E-state index in [0.717, 1.165) is 25.7 Å². The van der Waals surface area contributed by atoms with Gasteiger partial charge in [-0.2, -0.15) is 0 Å². The van der Waals surface area contributed by atoms with Gasteiger partial charge in [0.2, 0.25) is 0 Å². The molecular weight excluding hydrogens is 360 g/mol. The Morgan fingerprint density at radius 3 is 2.58 bits per heavy atom. The van der Waals surface area contributed by atoms with Crippen LogP contribution in [0.25, 0.3) is 0 Å². The molecule has 1 N–H and O–H groups in total. The molecule has 1 aromatic carbocycles. The van der Waals surface area contributed by atoms with Crippen LogP contribution in [-0.2, 0) is 24.4 Å². The lowest BCUT2D eigenvalue weighted by atomic mass is 9.95. The molecule has 0 saturated heterocycles. The predicted octanol–water partition coefficient (Wildman–Crippen LogP) is 1.47. The van der Waals surface area contributed by atoms with Gasteiger partial charge in [0.25, 0.3) is 15.9 Å². The van der Waals surface area contributed by atoms with Crippen molar-refractivity contribution in [1.29, 1.82) is 0 Å². The van der Waals surface area contributed by atoms with Gasteiger partial charge < -0.3 is 10.1 Å². The molecule has 0 aliphatic heterocycles. The lowest BCUT2D eigenvalue weighted by molar-refractivity contribution is -0.125. The summed E-state index contributed by atoms with van der Waals surface area (Å²) in [5.74, 6) is -1.12. The number of hydroxylamine groups is 1. The molecule has 26 heavy (non-hydrogen) atoms. The number of carbonyl (C=O) groups is 2. The summed E-state index contributed by atoms with van der Waals surface area (Å²) in [7, 11) is -1.40. The van der Waals surface area contributed by atoms with E-state index in [0.29, 0.717) is 4.47 Å². The summed E-state index contributed by atoms with van der Waals surface area (Å²) in [5, 5.41) is 2.85. The zero-order valence-electron chi connectivity index (χ0n) is 14.9. The lowest BCUT2D eigenvalue weighted by Crippen LogP contribution is -2.38. The molecular formula is C17H24N2O6S. The van der Waals surface area contributed by atoms with Crippen LogP contribution in [0.5, 0.6) is 0 Å². The van der Waals surface area contributed by atoms with Crippen LogP contribution in [0.15, 0.2) is 29.2 Å². The SMILES string of the molecule is CON(C)S(=O)(=O)c1cccc(C(=O)OCC(=O)NC2CCCCC2)c1. The molecule has 1 amide bonds. The molecule has 8 nitrogen and oxygen atoms in total. The largest absolute Gasteiger partial charge is 0.452 e. The average molecular weight is 384 g/mol. The Balaban J connectivity index is 1.95. The molecule has 2 rings (SSSR count). The highest BCUT2D eigenvalue weighted by Gasteiger charge is 2.22. The number of amides is 1. The molecule has 1 aliphatic rings. The van der Waals surface area contributed by atoms with Gasteiger partial charge in [-0.3, -0.25) is 9.63 Å². The van der Waals surface area contributed by atoms with E-state index in [4.69, 9.17) is 9.57 Å². The minimum absolute atomic E-state index is 0.0426. The Labute approximate surface area is 153 Å². The summed E-state index contributed by atoms with van der Waals surface area (Å²) in [6.45, 7) is -0.399. The zero-order valence-corrected chi connectivity index (χ0v) is 15.8. The minimum Gasteiger partial charge on any atom is -0.452 e. The Morgan fingerprint density at radius 2 is 1.92 bits per heavy atom. The minimum atomic E-state index is -3.87. The van der Waals surface area contributed by atoms with Gasteiger partial charge in [-0.25, -0.2) is 13.2 Å². The molecule has 0 heterocycles. The van der Waals surface area contributed by atoms with Crippen LogP contribution >= 0.6 is 0 Å². The first-order valence-corrected chi connectivity index (χ1v) is 9.88. The standard InChI is InChI=1S/C17H24N2O6S/c1-19(24-2)26(22,23)15-10-6-7-13(11-15)17(21)25-12-16(20)18-14-8-4-3-5-9-14/h6-7,10-11,14H,3-5,8-9,12H2,1-2H3,(H,18,20). The molecule has 0 spiro atoms. The summed E-state index contributed by atoms with van der Waals surface area (Å²) in [6.07, 6.45) is 5.22. The van der Waals surface area contributed by atoms with E-state index in [1.807, 2.05) is 0 Å². The van der Waals surface area contributed by atoms with Crippen molar-refractivity contribution in [1.82, 2.24) is 9.79 Å². The number of sulfonamides is 1. The fraction of sp³-hybridized carbons (Fsp3) is 0.529. The molecule has 9 heteroatoms. The molecule has 1 aliphatic carbocycles. The number of carbonyl (C=O) groups excluding carboxylic acids is 2. The number of hydrogen-bond acceptors (Lipinski definition) is 6. The van der Waals surface area contributed by atoms with Crippen LogP contribution in [0.3, 0.4) is 0 Å². The molecule has 0 aromatic heterocycles. The predicted molar refractivity (Wildman–Crippen MR) is 93.7 cm³/mol. The maximum Gasteiger partial charge on any atom is 0.338 e. The summed E-state index contributed by atoms with van der Waals surface area (Å²) in [4.78, 5) is 28.6. The normalized spacial score (nSPS) is 15.7. The Morgan fingerprint density at radius 1 is 1.23 bits per heavy atom. The summed E-state index contributed by atoms with van der Waals surface area (Å²) in [6, 6.07) is 5.51. The quantitative estimate of drug-likeness (QED) is 0.564. The molecule has 1 saturated carbocycles. The number of benzene rings is 1. The number of nitrogens with zero attached hydrogens (tertiary/aromatic N) is 1. The van der Waals surface area contributed by atoms with Crippen LogP contribution < -0.4 is 5.32 Å². The molecule has 1 aromatic rings. The summed E-state index contributed by atoms with van der Waals surface area (Å²) >= 11 is 0. The van der Waals surface area contributed by atoms with E-state index in [1.165, 1.54) is 44.8 Å². The average Bonchev–Trinajstić information content (AvgIpc) is 2.66. The van der Waals surface area contributed by atoms with Crippen molar-refractivity contribution in [2.75, 3.05) is 20.8 Å². The van der Waals surface area contributed by atoms with Gasteiger partial charge in [0.05, 0.1) is 17.6 Å². The highest BCUT2D eigenvalue weighted by Crippen LogP contribution is 2.18. The molecule has 1 fully saturated rings. The smallest absolute Gasteiger partial charge is 0.338 e. The van der Waals surface area contributed by atoms with Gasteiger partial charge in [-0.05, 0) is 31.0 Å². The van der Waals surface area contributed by atoms with Gasteiger partial charge in [0.1, 0.15) is 0 Å². The molecule has 0 unspecified atom stereocenters. The van der Waals surface area contributed by atoms with E-state index in [-0.39, 0.29) is 22.4 Å². The second kappa shape index (κ2) is 9.11. The molecule has 0 atom stereocenters. The van der Waals surface area contributed by atoms with Crippen LogP contribution in [-0.4, -0.2) is 51.6 Å². The number of hydrogen-bond donors (Lipinski definition) is 1.